The summed E-state index contributed by atoms with van der Waals surface area (Å²) in [6, 6.07) is 16.8. The fourth-order valence-electron chi connectivity index (χ4n) is 4.13. The number of thioether (sulfide) groups is 1. The molecule has 1 saturated carbocycles. The molecule has 1 aromatic heterocycles. The van der Waals surface area contributed by atoms with Crippen molar-refractivity contribution >= 4 is 73.5 Å². The number of carboxylic acid groups (broad SMARTS) is 1. The van der Waals surface area contributed by atoms with Gasteiger partial charge in [0, 0.05) is 10.9 Å². The predicted molar refractivity (Wildman–Crippen MR) is 149 cm³/mol. The number of nitrogens with one attached hydrogen (secondary N) is 2. The molecule has 0 atom stereocenters. The lowest BCUT2D eigenvalue weighted by Crippen LogP contribution is -2.29. The highest BCUT2D eigenvalue weighted by Crippen LogP contribution is 2.44. The largest absolute Gasteiger partial charge is 0.480 e. The first-order valence-electron chi connectivity index (χ1n) is 11.7. The van der Waals surface area contributed by atoms with Gasteiger partial charge in [-0.05, 0) is 69.9 Å². The average molecular weight is 615 g/mol. The van der Waals surface area contributed by atoms with E-state index < -0.39 is 18.4 Å². The van der Waals surface area contributed by atoms with Crippen molar-refractivity contribution in [3.05, 3.63) is 75.5 Å². The van der Waals surface area contributed by atoms with Crippen LogP contribution in [0.25, 0.3) is 16.5 Å². The number of nitrogens with zero attached hydrogens (tertiary/aromatic N) is 3. The number of hydrogen-bond acceptors (Lipinski definition) is 6. The Kier molecular flexibility index (Phi) is 7.68. The Morgan fingerprint density at radius 3 is 2.55 bits per heavy atom. The van der Waals surface area contributed by atoms with Crippen molar-refractivity contribution in [3.8, 4) is 5.69 Å². The summed E-state index contributed by atoms with van der Waals surface area (Å²) >= 11 is 11.0. The topological polar surface area (TPSA) is 126 Å². The maximum Gasteiger partial charge on any atom is 0.322 e. The number of halogens is 2. The van der Waals surface area contributed by atoms with Gasteiger partial charge in [0.15, 0.2) is 5.16 Å². The fourth-order valence-corrected chi connectivity index (χ4v) is 5.66. The highest BCUT2D eigenvalue weighted by Gasteiger charge is 2.26. The summed E-state index contributed by atoms with van der Waals surface area (Å²) in [4.78, 5) is 35.4. The first-order valence-corrected chi connectivity index (χ1v) is 13.8. The molecule has 0 radical (unpaired) electrons. The minimum atomic E-state index is -1.16. The van der Waals surface area contributed by atoms with E-state index >= 15 is 0 Å². The van der Waals surface area contributed by atoms with Crippen molar-refractivity contribution in [2.75, 3.05) is 17.6 Å². The number of carbonyl (C=O) groups excluding carboxylic acids is 2. The van der Waals surface area contributed by atoms with Crippen LogP contribution in [0.2, 0.25) is 5.02 Å². The first-order chi connectivity index (χ1) is 18.3. The Morgan fingerprint density at radius 1 is 1.08 bits per heavy atom. The molecule has 38 heavy (non-hydrogen) atoms. The maximum atomic E-state index is 12.7. The lowest BCUT2D eigenvalue weighted by molar-refractivity contribution is -0.135. The van der Waals surface area contributed by atoms with Crippen LogP contribution in [0.1, 0.15) is 34.7 Å². The monoisotopic (exact) mass is 613 g/mol. The van der Waals surface area contributed by atoms with Crippen LogP contribution in [-0.2, 0) is 9.59 Å². The van der Waals surface area contributed by atoms with Crippen molar-refractivity contribution < 1.29 is 19.5 Å². The van der Waals surface area contributed by atoms with Crippen LogP contribution < -0.4 is 10.6 Å². The minimum Gasteiger partial charge on any atom is -0.480 e. The van der Waals surface area contributed by atoms with Crippen LogP contribution >= 0.6 is 39.3 Å². The third-order valence-electron chi connectivity index (χ3n) is 6.02. The molecule has 0 aliphatic heterocycles. The predicted octanol–water partition coefficient (Wildman–Crippen LogP) is 5.26. The number of amides is 2. The molecule has 1 aliphatic rings. The summed E-state index contributed by atoms with van der Waals surface area (Å²) in [7, 11) is 0. The number of hydrogen-bond donors (Lipinski definition) is 3. The zero-order valence-corrected chi connectivity index (χ0v) is 22.9. The summed E-state index contributed by atoms with van der Waals surface area (Å²) in [5.41, 5.74) is 2.78. The lowest BCUT2D eigenvalue weighted by Gasteiger charge is -2.14. The average Bonchev–Trinajstić information content (AvgIpc) is 3.68. The Labute approximate surface area is 235 Å². The van der Waals surface area contributed by atoms with Gasteiger partial charge in [0.2, 0.25) is 10.6 Å². The fraction of sp³-hybridized carbons (Fsp3) is 0.192. The van der Waals surface area contributed by atoms with Gasteiger partial charge < -0.3 is 15.7 Å². The molecule has 0 spiro atoms. The van der Waals surface area contributed by atoms with Crippen molar-refractivity contribution in [2.45, 2.75) is 23.9 Å². The van der Waals surface area contributed by atoms with Crippen molar-refractivity contribution in [3.63, 3.8) is 0 Å². The van der Waals surface area contributed by atoms with E-state index in [0.717, 1.165) is 11.1 Å². The van der Waals surface area contributed by atoms with Gasteiger partial charge in [-0.2, -0.15) is 0 Å². The third kappa shape index (κ3) is 5.69. The van der Waals surface area contributed by atoms with Crippen molar-refractivity contribution in [1.82, 2.24) is 20.1 Å². The molecule has 1 aliphatic carbocycles. The Bertz CT molecular complexity index is 1570. The molecular weight excluding hydrogens is 594 g/mol. The van der Waals surface area contributed by atoms with Crippen molar-refractivity contribution in [2.24, 2.45) is 0 Å². The summed E-state index contributed by atoms with van der Waals surface area (Å²) in [5, 5.41) is 25.1. The van der Waals surface area contributed by atoms with Crippen LogP contribution in [0, 0.1) is 0 Å². The van der Waals surface area contributed by atoms with Gasteiger partial charge >= 0.3 is 5.97 Å². The van der Waals surface area contributed by atoms with E-state index in [-0.39, 0.29) is 22.2 Å². The number of carboxylic acids is 1. The van der Waals surface area contributed by atoms with E-state index in [1.165, 1.54) is 53.8 Å². The van der Waals surface area contributed by atoms with Gasteiger partial charge in [0.25, 0.3) is 5.91 Å². The number of fused-ring (bicyclic) bond motifs is 1. The van der Waals surface area contributed by atoms with Gasteiger partial charge in [-0.3, -0.25) is 19.0 Å². The van der Waals surface area contributed by atoms with Crippen LogP contribution in [0.15, 0.2) is 64.5 Å². The van der Waals surface area contributed by atoms with E-state index in [4.69, 9.17) is 16.7 Å². The SMILES string of the molecule is O=C(O)CNC(=O)c1ccc(NC(=O)CSc2nnc(Br)n2-c2ccc(C3CC3)c3ccccc23)c(Cl)c1. The van der Waals surface area contributed by atoms with Crippen LogP contribution in [0.4, 0.5) is 5.69 Å². The van der Waals surface area contributed by atoms with Crippen LogP contribution in [0.3, 0.4) is 0 Å². The third-order valence-corrected chi connectivity index (χ3v) is 7.78. The van der Waals surface area contributed by atoms with Crippen LogP contribution in [-0.4, -0.2) is 50.0 Å². The molecular formula is C26H21BrClN5O4S. The second-order valence-corrected chi connectivity index (χ2v) is 10.7. The van der Waals surface area contributed by atoms with E-state index in [1.807, 2.05) is 16.7 Å². The molecule has 5 rings (SSSR count). The van der Waals surface area contributed by atoms with Crippen LogP contribution in [0.5, 0.6) is 0 Å². The van der Waals surface area contributed by atoms with E-state index in [9.17, 15) is 14.4 Å². The van der Waals surface area contributed by atoms with E-state index in [2.05, 4.69) is 61.0 Å². The zero-order valence-electron chi connectivity index (χ0n) is 19.8. The number of carbonyl (C=O) groups is 3. The van der Waals surface area contributed by atoms with Gasteiger partial charge in [-0.15, -0.1) is 10.2 Å². The number of aliphatic carboxylic acids is 1. The molecule has 0 unspecified atom stereocenters. The lowest BCUT2D eigenvalue weighted by atomic mass is 9.99. The van der Waals surface area contributed by atoms with Gasteiger partial charge in [-0.25, -0.2) is 0 Å². The second kappa shape index (κ2) is 11.1. The molecule has 1 fully saturated rings. The Morgan fingerprint density at radius 2 is 1.84 bits per heavy atom. The maximum absolute atomic E-state index is 12.7. The Balaban J connectivity index is 1.30. The quantitative estimate of drug-likeness (QED) is 0.220. The Hall–Kier alpha value is -3.41. The molecule has 1 heterocycles. The van der Waals surface area contributed by atoms with Crippen molar-refractivity contribution in [1.29, 1.82) is 0 Å². The smallest absolute Gasteiger partial charge is 0.322 e. The molecule has 2 amide bonds. The molecule has 194 valence electrons. The molecule has 9 nitrogen and oxygen atoms in total. The molecule has 12 heteroatoms. The van der Waals surface area contributed by atoms with E-state index in [1.54, 1.807) is 0 Å². The highest BCUT2D eigenvalue weighted by atomic mass is 79.9. The molecule has 3 aromatic carbocycles. The highest BCUT2D eigenvalue weighted by molar-refractivity contribution is 9.10. The number of anilines is 1. The number of rotatable bonds is 9. The second-order valence-electron chi connectivity index (χ2n) is 8.69. The number of aromatic nitrogens is 3. The summed E-state index contributed by atoms with van der Waals surface area (Å²) in [6.45, 7) is -0.507. The first kappa shape index (κ1) is 26.2. The standard InChI is InChI=1S/C26H21BrClN5O4S/c27-25-31-32-26(33(25)21-10-8-16(14-5-6-14)17-3-1-2-4-18(17)21)38-13-22(34)30-20-9-7-15(11-19(20)28)24(37)29-12-23(35)36/h1-4,7-11,14H,5-6,12-13H2,(H,29,37)(H,30,34)(H,35,36). The normalized spacial score (nSPS) is 12.9. The molecule has 0 saturated heterocycles. The van der Waals surface area contributed by atoms with Gasteiger partial charge in [0.05, 0.1) is 22.2 Å². The molecule has 4 aromatic rings. The summed E-state index contributed by atoms with van der Waals surface area (Å²) in [6.07, 6.45) is 2.42. The minimum absolute atomic E-state index is 0.0421. The summed E-state index contributed by atoms with van der Waals surface area (Å²) in [5.74, 6) is -1.40. The zero-order chi connectivity index (χ0) is 26.8. The molecule has 0 bridgehead atoms. The number of benzene rings is 3. The van der Waals surface area contributed by atoms with Gasteiger partial charge in [0.1, 0.15) is 6.54 Å². The molecule has 3 N–H and O–H groups in total. The van der Waals surface area contributed by atoms with Gasteiger partial charge in [-0.1, -0.05) is 53.7 Å². The van der Waals surface area contributed by atoms with E-state index in [0.29, 0.717) is 21.5 Å². The summed E-state index contributed by atoms with van der Waals surface area (Å²) < 4.78 is 2.42.